The van der Waals surface area contributed by atoms with Gasteiger partial charge in [-0.2, -0.15) is 13.2 Å². The van der Waals surface area contributed by atoms with E-state index < -0.39 is 17.9 Å². The van der Waals surface area contributed by atoms with Crippen LogP contribution in [0.5, 0.6) is 0 Å². The Morgan fingerprint density at radius 2 is 1.88 bits per heavy atom. The van der Waals surface area contributed by atoms with Crippen molar-refractivity contribution >= 4 is 5.84 Å². The van der Waals surface area contributed by atoms with Gasteiger partial charge in [0.2, 0.25) is 0 Å². The SMILES string of the molecule is CCN(CC(C)C)CC(C(N)=NO)C(F)(F)F. The van der Waals surface area contributed by atoms with Gasteiger partial charge in [0.05, 0.1) is 0 Å². The van der Waals surface area contributed by atoms with Crippen LogP contribution in [0.3, 0.4) is 0 Å². The van der Waals surface area contributed by atoms with E-state index >= 15 is 0 Å². The molecule has 0 amide bonds. The van der Waals surface area contributed by atoms with E-state index in [2.05, 4.69) is 5.16 Å². The topological polar surface area (TPSA) is 61.8 Å². The molecule has 4 nitrogen and oxygen atoms in total. The first-order chi connectivity index (χ1) is 7.72. The van der Waals surface area contributed by atoms with Gasteiger partial charge in [0.1, 0.15) is 5.92 Å². The summed E-state index contributed by atoms with van der Waals surface area (Å²) in [6.07, 6.45) is -4.50. The molecule has 0 aliphatic heterocycles. The van der Waals surface area contributed by atoms with Gasteiger partial charge >= 0.3 is 6.18 Å². The highest BCUT2D eigenvalue weighted by molar-refractivity contribution is 5.83. The fourth-order valence-corrected chi connectivity index (χ4v) is 1.54. The van der Waals surface area contributed by atoms with Crippen molar-refractivity contribution in [1.29, 1.82) is 0 Å². The largest absolute Gasteiger partial charge is 0.409 e. The van der Waals surface area contributed by atoms with Crippen molar-refractivity contribution in [2.75, 3.05) is 19.6 Å². The minimum Gasteiger partial charge on any atom is -0.409 e. The number of rotatable bonds is 6. The van der Waals surface area contributed by atoms with Gasteiger partial charge < -0.3 is 15.8 Å². The second-order valence-corrected chi connectivity index (χ2v) is 4.37. The first kappa shape index (κ1) is 16.0. The van der Waals surface area contributed by atoms with Crippen molar-refractivity contribution in [2.24, 2.45) is 22.7 Å². The van der Waals surface area contributed by atoms with Crippen LogP contribution in [0.25, 0.3) is 0 Å². The van der Waals surface area contributed by atoms with Crippen LogP contribution in [0.15, 0.2) is 5.16 Å². The van der Waals surface area contributed by atoms with Gasteiger partial charge in [-0.1, -0.05) is 25.9 Å². The van der Waals surface area contributed by atoms with E-state index in [-0.39, 0.29) is 12.5 Å². The molecule has 0 rings (SSSR count). The molecule has 0 aliphatic carbocycles. The zero-order valence-corrected chi connectivity index (χ0v) is 10.3. The molecule has 0 heterocycles. The van der Waals surface area contributed by atoms with Crippen LogP contribution < -0.4 is 5.73 Å². The fraction of sp³-hybridized carbons (Fsp3) is 0.900. The van der Waals surface area contributed by atoms with E-state index in [9.17, 15) is 13.2 Å². The smallest absolute Gasteiger partial charge is 0.400 e. The first-order valence-corrected chi connectivity index (χ1v) is 5.48. The summed E-state index contributed by atoms with van der Waals surface area (Å²) >= 11 is 0. The van der Waals surface area contributed by atoms with Gasteiger partial charge in [-0.3, -0.25) is 0 Å². The number of amidine groups is 1. The molecular weight excluding hydrogens is 235 g/mol. The highest BCUT2D eigenvalue weighted by Gasteiger charge is 2.43. The molecule has 0 aromatic carbocycles. The van der Waals surface area contributed by atoms with Crippen molar-refractivity contribution in [3.8, 4) is 0 Å². The number of hydrogen-bond acceptors (Lipinski definition) is 3. The molecule has 3 N–H and O–H groups in total. The molecule has 0 spiro atoms. The Hall–Kier alpha value is -0.980. The number of nitrogens with zero attached hydrogens (tertiary/aromatic N) is 2. The molecule has 0 saturated carbocycles. The Labute approximate surface area is 99.3 Å². The van der Waals surface area contributed by atoms with E-state index in [4.69, 9.17) is 10.9 Å². The summed E-state index contributed by atoms with van der Waals surface area (Å²) in [4.78, 5) is 1.64. The standard InChI is InChI=1S/C10H20F3N3O/c1-4-16(5-7(2)3)6-8(9(14)15-17)10(11,12)13/h7-8,17H,4-6H2,1-3H3,(H2,14,15). The summed E-state index contributed by atoms with van der Waals surface area (Å²) in [6, 6.07) is 0. The Kier molecular flexibility index (Phi) is 6.30. The van der Waals surface area contributed by atoms with E-state index in [1.165, 1.54) is 0 Å². The maximum atomic E-state index is 12.7. The summed E-state index contributed by atoms with van der Waals surface area (Å²) < 4.78 is 38.1. The normalized spacial score (nSPS) is 15.6. The molecule has 17 heavy (non-hydrogen) atoms. The van der Waals surface area contributed by atoms with E-state index in [1.54, 1.807) is 11.8 Å². The molecule has 102 valence electrons. The summed E-state index contributed by atoms with van der Waals surface area (Å²) in [5, 5.41) is 10.8. The molecule has 0 aliphatic rings. The van der Waals surface area contributed by atoms with Gasteiger partial charge in [-0.25, -0.2) is 0 Å². The molecule has 1 atom stereocenters. The van der Waals surface area contributed by atoms with Crippen molar-refractivity contribution in [3.05, 3.63) is 0 Å². The third-order valence-corrected chi connectivity index (χ3v) is 2.38. The lowest BCUT2D eigenvalue weighted by Crippen LogP contribution is -2.45. The van der Waals surface area contributed by atoms with Crippen LogP contribution in [0.4, 0.5) is 13.2 Å². The van der Waals surface area contributed by atoms with Gasteiger partial charge in [0.15, 0.2) is 5.84 Å². The Morgan fingerprint density at radius 1 is 1.35 bits per heavy atom. The predicted octanol–water partition coefficient (Wildman–Crippen LogP) is 1.89. The van der Waals surface area contributed by atoms with E-state index in [0.29, 0.717) is 13.1 Å². The second-order valence-electron chi connectivity index (χ2n) is 4.37. The Morgan fingerprint density at radius 3 is 2.18 bits per heavy atom. The molecule has 0 bridgehead atoms. The van der Waals surface area contributed by atoms with Crippen LogP contribution in [-0.4, -0.2) is 41.8 Å². The van der Waals surface area contributed by atoms with E-state index in [1.807, 2.05) is 13.8 Å². The molecule has 0 radical (unpaired) electrons. The summed E-state index contributed by atoms with van der Waals surface area (Å²) in [5.41, 5.74) is 5.09. The van der Waals surface area contributed by atoms with Crippen molar-refractivity contribution in [2.45, 2.75) is 26.9 Å². The average molecular weight is 255 g/mol. The zero-order valence-electron chi connectivity index (χ0n) is 10.3. The monoisotopic (exact) mass is 255 g/mol. The maximum absolute atomic E-state index is 12.7. The minimum atomic E-state index is -4.50. The lowest BCUT2D eigenvalue weighted by Gasteiger charge is -2.28. The van der Waals surface area contributed by atoms with Crippen molar-refractivity contribution in [3.63, 3.8) is 0 Å². The molecule has 7 heteroatoms. The molecule has 0 saturated heterocycles. The van der Waals surface area contributed by atoms with Crippen LogP contribution in [0, 0.1) is 11.8 Å². The third-order valence-electron chi connectivity index (χ3n) is 2.38. The van der Waals surface area contributed by atoms with Crippen molar-refractivity contribution in [1.82, 2.24) is 4.90 Å². The molecule has 0 fully saturated rings. The first-order valence-electron chi connectivity index (χ1n) is 5.48. The number of halogens is 3. The van der Waals surface area contributed by atoms with Crippen molar-refractivity contribution < 1.29 is 18.4 Å². The summed E-state index contributed by atoms with van der Waals surface area (Å²) in [6.45, 7) is 6.38. The van der Waals surface area contributed by atoms with Gasteiger partial charge in [-0.15, -0.1) is 0 Å². The quantitative estimate of drug-likeness (QED) is 0.330. The van der Waals surface area contributed by atoms with Gasteiger partial charge in [-0.05, 0) is 12.5 Å². The van der Waals surface area contributed by atoms with Crippen LogP contribution in [0.1, 0.15) is 20.8 Å². The highest BCUT2D eigenvalue weighted by atomic mass is 19.4. The van der Waals surface area contributed by atoms with Crippen LogP contribution >= 0.6 is 0 Å². The highest BCUT2D eigenvalue weighted by Crippen LogP contribution is 2.27. The maximum Gasteiger partial charge on any atom is 0.400 e. The van der Waals surface area contributed by atoms with Crippen LogP contribution in [0.2, 0.25) is 0 Å². The third kappa shape index (κ3) is 5.76. The summed E-state index contributed by atoms with van der Waals surface area (Å²) in [7, 11) is 0. The van der Waals surface area contributed by atoms with Crippen LogP contribution in [-0.2, 0) is 0 Å². The van der Waals surface area contributed by atoms with Gasteiger partial charge in [0.25, 0.3) is 0 Å². The second kappa shape index (κ2) is 6.68. The Bertz CT molecular complexity index is 254. The zero-order chi connectivity index (χ0) is 13.6. The lowest BCUT2D eigenvalue weighted by molar-refractivity contribution is -0.160. The molecule has 1 unspecified atom stereocenters. The predicted molar refractivity (Wildman–Crippen MR) is 59.9 cm³/mol. The van der Waals surface area contributed by atoms with E-state index in [0.717, 1.165) is 0 Å². The number of alkyl halides is 3. The molecular formula is C10H20F3N3O. The number of oxime groups is 1. The number of hydrogen-bond donors (Lipinski definition) is 2. The average Bonchev–Trinajstić information content (AvgIpc) is 2.20. The number of nitrogens with two attached hydrogens (primary N) is 1. The lowest BCUT2D eigenvalue weighted by atomic mass is 10.1. The minimum absolute atomic E-state index is 0.260. The fourth-order valence-electron chi connectivity index (χ4n) is 1.54. The Balaban J connectivity index is 4.73. The summed E-state index contributed by atoms with van der Waals surface area (Å²) in [5.74, 6) is -2.46. The molecule has 0 aromatic rings. The molecule has 0 aromatic heterocycles. The van der Waals surface area contributed by atoms with Gasteiger partial charge in [0, 0.05) is 13.1 Å².